The molecule has 5 rings (SSSR count). The molecule has 1 aromatic heterocycles. The van der Waals surface area contributed by atoms with Crippen molar-refractivity contribution < 1.29 is 42.4 Å². The van der Waals surface area contributed by atoms with Crippen LogP contribution in [0.2, 0.25) is 0 Å². The first-order valence-corrected chi connectivity index (χ1v) is 12.8. The van der Waals surface area contributed by atoms with Gasteiger partial charge in [-0.25, -0.2) is 9.59 Å². The highest BCUT2D eigenvalue weighted by Crippen LogP contribution is 2.39. The normalized spacial score (nSPS) is 11.6. The number of alkyl halides is 3. The molecule has 42 heavy (non-hydrogen) atoms. The van der Waals surface area contributed by atoms with Crippen LogP contribution in [-0.4, -0.2) is 32.8 Å². The van der Waals surface area contributed by atoms with Crippen LogP contribution in [0.15, 0.2) is 91.0 Å². The quantitative estimate of drug-likeness (QED) is 0.193. The summed E-state index contributed by atoms with van der Waals surface area (Å²) in [5.41, 5.74) is 1.06. The minimum Gasteiger partial charge on any atom is -0.491 e. The lowest BCUT2D eigenvalue weighted by Crippen LogP contribution is -2.06. The van der Waals surface area contributed by atoms with E-state index < -0.39 is 23.7 Å². The second kappa shape index (κ2) is 11.0. The van der Waals surface area contributed by atoms with Crippen LogP contribution in [0.25, 0.3) is 27.8 Å². The van der Waals surface area contributed by atoms with E-state index in [4.69, 9.17) is 9.47 Å². The molecular formula is C32H24F3NO6. The zero-order valence-corrected chi connectivity index (χ0v) is 22.3. The Hall–Kier alpha value is -5.25. The fourth-order valence-corrected chi connectivity index (χ4v) is 4.66. The predicted molar refractivity (Wildman–Crippen MR) is 150 cm³/mol. The number of aromatic nitrogens is 1. The van der Waals surface area contributed by atoms with Crippen molar-refractivity contribution in [3.8, 4) is 34.2 Å². The van der Waals surface area contributed by atoms with Crippen molar-refractivity contribution in [1.29, 1.82) is 0 Å². The first-order valence-electron chi connectivity index (χ1n) is 12.8. The van der Waals surface area contributed by atoms with Gasteiger partial charge in [0.1, 0.15) is 17.2 Å². The van der Waals surface area contributed by atoms with Crippen LogP contribution in [-0.2, 0) is 6.18 Å². The second-order valence-electron chi connectivity index (χ2n) is 9.71. The molecular weight excluding hydrogens is 551 g/mol. The van der Waals surface area contributed by atoms with E-state index in [-0.39, 0.29) is 28.7 Å². The molecule has 0 aliphatic heterocycles. The van der Waals surface area contributed by atoms with Crippen molar-refractivity contribution in [2.75, 3.05) is 0 Å². The number of aromatic carboxylic acids is 2. The number of hydrogen-bond donors (Lipinski definition) is 2. The molecule has 0 amide bonds. The summed E-state index contributed by atoms with van der Waals surface area (Å²) in [6, 6.07) is 21.9. The number of nitrogens with zero attached hydrogens (tertiary/aromatic N) is 1. The van der Waals surface area contributed by atoms with Crippen LogP contribution in [0.1, 0.15) is 40.1 Å². The molecule has 2 N–H and O–H groups in total. The summed E-state index contributed by atoms with van der Waals surface area (Å²) in [4.78, 5) is 24.2. The number of benzene rings is 4. The number of rotatable bonds is 8. The van der Waals surface area contributed by atoms with E-state index in [1.54, 1.807) is 41.0 Å². The molecule has 10 heteroatoms. The Morgan fingerprint density at radius 3 is 1.90 bits per heavy atom. The predicted octanol–water partition coefficient (Wildman–Crippen LogP) is 8.29. The van der Waals surface area contributed by atoms with Crippen LogP contribution < -0.4 is 9.47 Å². The Kier molecular flexibility index (Phi) is 7.38. The summed E-state index contributed by atoms with van der Waals surface area (Å²) in [5, 5.41) is 20.0. The molecule has 0 fully saturated rings. The van der Waals surface area contributed by atoms with Gasteiger partial charge in [-0.1, -0.05) is 12.1 Å². The maximum Gasteiger partial charge on any atom is 0.416 e. The Morgan fingerprint density at radius 1 is 0.762 bits per heavy atom. The fourth-order valence-electron chi connectivity index (χ4n) is 4.66. The average Bonchev–Trinajstić information content (AvgIpc) is 3.28. The summed E-state index contributed by atoms with van der Waals surface area (Å²) in [5.74, 6) is -1.36. The van der Waals surface area contributed by atoms with E-state index in [1.165, 1.54) is 42.5 Å². The minimum absolute atomic E-state index is 0.0423. The number of carboxylic acids is 2. The third kappa shape index (κ3) is 5.64. The summed E-state index contributed by atoms with van der Waals surface area (Å²) in [6.45, 7) is 3.80. The molecule has 4 aromatic carbocycles. The van der Waals surface area contributed by atoms with Gasteiger partial charge < -0.3 is 24.3 Å². The van der Waals surface area contributed by atoms with Crippen molar-refractivity contribution in [1.82, 2.24) is 4.57 Å². The highest BCUT2D eigenvalue weighted by Gasteiger charge is 2.30. The van der Waals surface area contributed by atoms with Crippen LogP contribution in [0.4, 0.5) is 13.2 Å². The van der Waals surface area contributed by atoms with Gasteiger partial charge in [0.15, 0.2) is 0 Å². The molecule has 0 aliphatic carbocycles. The van der Waals surface area contributed by atoms with Gasteiger partial charge in [0.05, 0.1) is 34.0 Å². The van der Waals surface area contributed by atoms with Crippen LogP contribution in [0.3, 0.4) is 0 Å². The maximum atomic E-state index is 13.0. The number of carbonyl (C=O) groups is 2. The molecule has 0 saturated heterocycles. The van der Waals surface area contributed by atoms with Gasteiger partial charge in [-0.15, -0.1) is 0 Å². The molecule has 0 spiro atoms. The molecule has 1 heterocycles. The molecule has 0 unspecified atom stereocenters. The van der Waals surface area contributed by atoms with Crippen LogP contribution in [0.5, 0.6) is 17.2 Å². The maximum absolute atomic E-state index is 13.0. The lowest BCUT2D eigenvalue weighted by Gasteiger charge is -2.14. The topological polar surface area (TPSA) is 98.0 Å². The van der Waals surface area contributed by atoms with Gasteiger partial charge in [-0.2, -0.15) is 13.2 Å². The van der Waals surface area contributed by atoms with Crippen molar-refractivity contribution in [3.05, 3.63) is 108 Å². The Labute approximate surface area is 238 Å². The highest BCUT2D eigenvalue weighted by molar-refractivity contribution is 6.11. The smallest absolute Gasteiger partial charge is 0.416 e. The Balaban J connectivity index is 1.68. The van der Waals surface area contributed by atoms with Crippen molar-refractivity contribution >= 4 is 22.8 Å². The third-order valence-corrected chi connectivity index (χ3v) is 6.44. The average molecular weight is 576 g/mol. The number of carboxylic acid groups (broad SMARTS) is 2. The number of halogens is 3. The van der Waals surface area contributed by atoms with Gasteiger partial charge in [0, 0.05) is 11.1 Å². The number of hydrogen-bond acceptors (Lipinski definition) is 4. The van der Waals surface area contributed by atoms with Crippen LogP contribution in [0, 0.1) is 0 Å². The van der Waals surface area contributed by atoms with E-state index in [0.29, 0.717) is 33.6 Å². The summed E-state index contributed by atoms with van der Waals surface area (Å²) >= 11 is 0. The minimum atomic E-state index is -4.49. The van der Waals surface area contributed by atoms with E-state index >= 15 is 0 Å². The van der Waals surface area contributed by atoms with E-state index in [1.807, 2.05) is 13.8 Å². The summed E-state index contributed by atoms with van der Waals surface area (Å²) in [6.07, 6.45) is -4.54. The zero-order chi connectivity index (χ0) is 30.2. The first kappa shape index (κ1) is 28.3. The Bertz CT molecular complexity index is 1770. The monoisotopic (exact) mass is 575 g/mol. The molecule has 0 aliphatic rings. The van der Waals surface area contributed by atoms with Gasteiger partial charge in [0.25, 0.3) is 0 Å². The number of fused-ring (bicyclic) bond motifs is 1. The lowest BCUT2D eigenvalue weighted by atomic mass is 10.0. The molecule has 0 bridgehead atoms. The fraction of sp³-hybridized carbons (Fsp3) is 0.125. The van der Waals surface area contributed by atoms with E-state index in [2.05, 4.69) is 0 Å². The lowest BCUT2D eigenvalue weighted by molar-refractivity contribution is -0.137. The van der Waals surface area contributed by atoms with Crippen LogP contribution >= 0.6 is 0 Å². The van der Waals surface area contributed by atoms with E-state index in [9.17, 15) is 33.0 Å². The SMILES string of the molecule is CC(C)Oc1ccc(-n2c(-c3ccc(C(=O)O)cc3)c(C(=O)O)c3cc(Oc4ccc(C(F)(F)F)cc4)ccc32)cc1. The van der Waals surface area contributed by atoms with Gasteiger partial charge in [0.2, 0.25) is 0 Å². The molecule has 0 radical (unpaired) electrons. The first-order chi connectivity index (χ1) is 19.9. The van der Waals surface area contributed by atoms with Gasteiger partial charge >= 0.3 is 18.1 Å². The molecule has 7 nitrogen and oxygen atoms in total. The number of ether oxygens (including phenoxy) is 2. The van der Waals surface area contributed by atoms with Crippen molar-refractivity contribution in [2.24, 2.45) is 0 Å². The Morgan fingerprint density at radius 2 is 1.36 bits per heavy atom. The van der Waals surface area contributed by atoms with Gasteiger partial charge in [-0.05, 0) is 98.3 Å². The van der Waals surface area contributed by atoms with E-state index in [0.717, 1.165) is 12.1 Å². The molecule has 0 saturated carbocycles. The molecule has 5 aromatic rings. The standard InChI is InChI=1S/C32H24F3NO6/c1-18(2)41-23-13-9-22(10-14-23)36-27-16-15-25(42-24-11-7-21(8-12-24)32(33,34)35)17-26(27)28(31(39)40)29(36)19-3-5-20(6-4-19)30(37)38/h3-18H,1-2H3,(H,37,38)(H,39,40). The third-order valence-electron chi connectivity index (χ3n) is 6.44. The summed E-state index contributed by atoms with van der Waals surface area (Å²) < 4.78 is 52.2. The van der Waals surface area contributed by atoms with Crippen molar-refractivity contribution in [2.45, 2.75) is 26.1 Å². The zero-order valence-electron chi connectivity index (χ0n) is 22.3. The highest BCUT2D eigenvalue weighted by atomic mass is 19.4. The van der Waals surface area contributed by atoms with Gasteiger partial charge in [-0.3, -0.25) is 0 Å². The second-order valence-corrected chi connectivity index (χ2v) is 9.71. The van der Waals surface area contributed by atoms with Crippen molar-refractivity contribution in [3.63, 3.8) is 0 Å². The largest absolute Gasteiger partial charge is 0.491 e. The molecule has 214 valence electrons. The summed E-state index contributed by atoms with van der Waals surface area (Å²) in [7, 11) is 0. The molecule has 0 atom stereocenters.